The summed E-state index contributed by atoms with van der Waals surface area (Å²) in [5, 5.41) is 9.97. The van der Waals surface area contributed by atoms with Gasteiger partial charge in [0.25, 0.3) is 0 Å². The molecule has 0 aliphatic rings. The van der Waals surface area contributed by atoms with Crippen molar-refractivity contribution in [1.82, 2.24) is 0 Å². The lowest BCUT2D eigenvalue weighted by Crippen LogP contribution is -2.27. The van der Waals surface area contributed by atoms with Crippen LogP contribution in [0.4, 0.5) is 13.2 Å². The SMILES string of the molecule is Cc1cc(OCC(O)COCC(F)(F)F)ccc1Cl. The topological polar surface area (TPSA) is 38.7 Å². The lowest BCUT2D eigenvalue weighted by atomic mass is 10.2. The molecule has 1 rings (SSSR count). The van der Waals surface area contributed by atoms with E-state index >= 15 is 0 Å². The average molecular weight is 299 g/mol. The van der Waals surface area contributed by atoms with E-state index < -0.39 is 25.5 Å². The van der Waals surface area contributed by atoms with Crippen LogP contribution in [0.3, 0.4) is 0 Å². The molecular weight excluding hydrogens is 285 g/mol. The summed E-state index contributed by atoms with van der Waals surface area (Å²) in [6.45, 7) is -0.187. The van der Waals surface area contributed by atoms with E-state index in [1.165, 1.54) is 0 Å². The van der Waals surface area contributed by atoms with E-state index in [4.69, 9.17) is 16.3 Å². The fraction of sp³-hybridized carbons (Fsp3) is 0.500. The van der Waals surface area contributed by atoms with Crippen LogP contribution in [0.15, 0.2) is 18.2 Å². The highest BCUT2D eigenvalue weighted by Crippen LogP contribution is 2.21. The Kier molecular flexibility index (Phi) is 5.90. The number of hydrogen-bond donors (Lipinski definition) is 1. The Balaban J connectivity index is 2.29. The van der Waals surface area contributed by atoms with E-state index in [0.29, 0.717) is 10.8 Å². The van der Waals surface area contributed by atoms with E-state index in [0.717, 1.165) is 5.56 Å². The summed E-state index contributed by atoms with van der Waals surface area (Å²) in [6, 6.07) is 4.92. The van der Waals surface area contributed by atoms with Gasteiger partial charge >= 0.3 is 6.18 Å². The zero-order valence-corrected chi connectivity index (χ0v) is 11.0. The van der Waals surface area contributed by atoms with Crippen LogP contribution < -0.4 is 4.74 Å². The minimum Gasteiger partial charge on any atom is -0.491 e. The first-order valence-corrected chi connectivity index (χ1v) is 5.87. The van der Waals surface area contributed by atoms with Crippen LogP contribution in [0, 0.1) is 6.92 Å². The third kappa shape index (κ3) is 6.66. The predicted molar refractivity (Wildman–Crippen MR) is 64.6 cm³/mol. The van der Waals surface area contributed by atoms with E-state index in [1.54, 1.807) is 25.1 Å². The second-order valence-electron chi connectivity index (χ2n) is 4.01. The van der Waals surface area contributed by atoms with Gasteiger partial charge in [-0.05, 0) is 30.7 Å². The van der Waals surface area contributed by atoms with E-state index in [1.807, 2.05) is 0 Å². The third-order valence-electron chi connectivity index (χ3n) is 2.15. The molecule has 1 atom stereocenters. The number of aliphatic hydroxyl groups is 1. The summed E-state index contributed by atoms with van der Waals surface area (Å²) in [6.07, 6.45) is -5.52. The highest BCUT2D eigenvalue weighted by molar-refractivity contribution is 6.31. The molecular formula is C12H14ClF3O3. The summed E-state index contributed by atoms with van der Waals surface area (Å²) in [7, 11) is 0. The van der Waals surface area contributed by atoms with Crippen molar-refractivity contribution < 1.29 is 27.8 Å². The van der Waals surface area contributed by atoms with Gasteiger partial charge in [0.05, 0.1) is 6.61 Å². The molecule has 7 heteroatoms. The maximum atomic E-state index is 11.8. The maximum absolute atomic E-state index is 11.8. The van der Waals surface area contributed by atoms with Gasteiger partial charge < -0.3 is 14.6 Å². The summed E-state index contributed by atoms with van der Waals surface area (Å²) in [5.41, 5.74) is 0.807. The molecule has 108 valence electrons. The number of halogens is 4. The Hall–Kier alpha value is -0.980. The maximum Gasteiger partial charge on any atom is 0.411 e. The first kappa shape index (κ1) is 16.1. The van der Waals surface area contributed by atoms with Gasteiger partial charge in [-0.1, -0.05) is 11.6 Å². The second kappa shape index (κ2) is 6.98. The van der Waals surface area contributed by atoms with E-state index in [9.17, 15) is 18.3 Å². The molecule has 0 spiro atoms. The normalized spacial score (nSPS) is 13.4. The van der Waals surface area contributed by atoms with Crippen LogP contribution in [0.25, 0.3) is 0 Å². The molecule has 19 heavy (non-hydrogen) atoms. The Morgan fingerprint density at radius 2 is 2.00 bits per heavy atom. The fourth-order valence-corrected chi connectivity index (χ4v) is 1.38. The Morgan fingerprint density at radius 3 is 2.58 bits per heavy atom. The van der Waals surface area contributed by atoms with Gasteiger partial charge in [0.1, 0.15) is 25.1 Å². The van der Waals surface area contributed by atoms with Crippen LogP contribution in [0.2, 0.25) is 5.02 Å². The van der Waals surface area contributed by atoms with Crippen molar-refractivity contribution in [3.63, 3.8) is 0 Å². The summed E-state index contributed by atoms with van der Waals surface area (Å²) in [4.78, 5) is 0. The Morgan fingerprint density at radius 1 is 1.32 bits per heavy atom. The van der Waals surface area contributed by atoms with Gasteiger partial charge in [0, 0.05) is 5.02 Å². The molecule has 1 aromatic carbocycles. The predicted octanol–water partition coefficient (Wildman–Crippen LogP) is 2.97. The molecule has 0 heterocycles. The first-order chi connectivity index (χ1) is 8.78. The molecule has 0 radical (unpaired) electrons. The van der Waals surface area contributed by atoms with Crippen molar-refractivity contribution in [1.29, 1.82) is 0 Å². The van der Waals surface area contributed by atoms with Crippen LogP contribution in [-0.2, 0) is 4.74 Å². The molecule has 1 aromatic rings. The summed E-state index contributed by atoms with van der Waals surface area (Å²) in [5.74, 6) is 0.483. The molecule has 1 unspecified atom stereocenters. The molecule has 0 saturated heterocycles. The summed E-state index contributed by atoms with van der Waals surface area (Å²) >= 11 is 5.82. The van der Waals surface area contributed by atoms with Crippen molar-refractivity contribution in [3.05, 3.63) is 28.8 Å². The van der Waals surface area contributed by atoms with Crippen LogP contribution in [-0.4, -0.2) is 37.2 Å². The Bertz CT molecular complexity index is 410. The smallest absolute Gasteiger partial charge is 0.411 e. The largest absolute Gasteiger partial charge is 0.491 e. The number of rotatable bonds is 6. The van der Waals surface area contributed by atoms with Crippen molar-refractivity contribution in [2.75, 3.05) is 19.8 Å². The molecule has 0 amide bonds. The molecule has 0 saturated carbocycles. The number of aryl methyl sites for hydroxylation is 1. The molecule has 0 aromatic heterocycles. The number of alkyl halides is 3. The van der Waals surface area contributed by atoms with Gasteiger partial charge in [-0.25, -0.2) is 0 Å². The van der Waals surface area contributed by atoms with Gasteiger partial charge in [0.15, 0.2) is 0 Å². The van der Waals surface area contributed by atoms with Gasteiger partial charge in [-0.15, -0.1) is 0 Å². The van der Waals surface area contributed by atoms with Crippen LogP contribution >= 0.6 is 11.6 Å². The number of ether oxygens (including phenoxy) is 2. The zero-order chi connectivity index (χ0) is 14.5. The van der Waals surface area contributed by atoms with Crippen LogP contribution in [0.5, 0.6) is 5.75 Å². The molecule has 0 fully saturated rings. The Labute approximate surface area is 113 Å². The minimum absolute atomic E-state index is 0.154. The molecule has 3 nitrogen and oxygen atoms in total. The molecule has 0 bridgehead atoms. The quantitative estimate of drug-likeness (QED) is 0.877. The number of hydrogen-bond acceptors (Lipinski definition) is 3. The zero-order valence-electron chi connectivity index (χ0n) is 10.2. The third-order valence-corrected chi connectivity index (χ3v) is 2.57. The van der Waals surface area contributed by atoms with Gasteiger partial charge in [0.2, 0.25) is 0 Å². The average Bonchev–Trinajstić information content (AvgIpc) is 2.29. The number of aliphatic hydroxyl groups excluding tert-OH is 1. The second-order valence-corrected chi connectivity index (χ2v) is 4.41. The first-order valence-electron chi connectivity index (χ1n) is 5.49. The van der Waals surface area contributed by atoms with E-state index in [-0.39, 0.29) is 6.61 Å². The van der Waals surface area contributed by atoms with Crippen molar-refractivity contribution in [2.24, 2.45) is 0 Å². The summed E-state index contributed by atoms with van der Waals surface area (Å²) < 4.78 is 44.9. The standard InChI is InChI=1S/C12H14ClF3O3/c1-8-4-10(2-3-11(8)13)19-6-9(17)5-18-7-12(14,15)16/h2-4,9,17H,5-7H2,1H3. The fourth-order valence-electron chi connectivity index (χ4n) is 1.26. The monoisotopic (exact) mass is 298 g/mol. The number of benzene rings is 1. The van der Waals surface area contributed by atoms with Crippen LogP contribution in [0.1, 0.15) is 5.56 Å². The van der Waals surface area contributed by atoms with Gasteiger partial charge in [-0.2, -0.15) is 13.2 Å². The van der Waals surface area contributed by atoms with E-state index in [2.05, 4.69) is 4.74 Å². The lowest BCUT2D eigenvalue weighted by Gasteiger charge is -2.14. The molecule has 1 N–H and O–H groups in total. The van der Waals surface area contributed by atoms with Gasteiger partial charge in [-0.3, -0.25) is 0 Å². The van der Waals surface area contributed by atoms with Crippen molar-refractivity contribution >= 4 is 11.6 Å². The lowest BCUT2D eigenvalue weighted by molar-refractivity contribution is -0.179. The van der Waals surface area contributed by atoms with Crippen molar-refractivity contribution in [2.45, 2.75) is 19.2 Å². The highest BCUT2D eigenvalue weighted by atomic mass is 35.5. The van der Waals surface area contributed by atoms with Crippen molar-refractivity contribution in [3.8, 4) is 5.75 Å². The highest BCUT2D eigenvalue weighted by Gasteiger charge is 2.27. The minimum atomic E-state index is -4.39. The molecule has 0 aliphatic carbocycles. The molecule has 0 aliphatic heterocycles.